The number of halogens is 9. The van der Waals surface area contributed by atoms with E-state index in [-0.39, 0.29) is 5.56 Å². The van der Waals surface area contributed by atoms with E-state index in [1.165, 1.54) is 0 Å². The summed E-state index contributed by atoms with van der Waals surface area (Å²) in [6, 6.07) is 5.49. The van der Waals surface area contributed by atoms with E-state index >= 15 is 0 Å². The van der Waals surface area contributed by atoms with Gasteiger partial charge in [-0.1, -0.05) is 12.1 Å². The van der Waals surface area contributed by atoms with Crippen LogP contribution in [0.2, 0.25) is 0 Å². The molecule has 0 amide bonds. The highest BCUT2D eigenvalue weighted by Crippen LogP contribution is 2.70. The highest BCUT2D eigenvalue weighted by atomic mass is 19.4. The second kappa shape index (κ2) is 5.28. The largest absolute Gasteiger partial charge is 0.385 e. The lowest BCUT2D eigenvalue weighted by atomic mass is 9.80. The molecule has 1 aromatic rings. The minimum atomic E-state index is -6.69. The lowest BCUT2D eigenvalue weighted by molar-refractivity contribution is -0.303. The minimum Gasteiger partial charge on any atom is -0.385 e. The fourth-order valence-corrected chi connectivity index (χ4v) is 2.81. The third-order valence-electron chi connectivity index (χ3n) is 4.38. The minimum absolute atomic E-state index is 0.198. The van der Waals surface area contributed by atoms with E-state index in [1.807, 2.05) is 0 Å². The zero-order chi connectivity index (χ0) is 20.4. The van der Waals surface area contributed by atoms with Gasteiger partial charge in [-0.3, -0.25) is 0 Å². The smallest absolute Gasteiger partial charge is 0.381 e. The molecule has 0 heterocycles. The third kappa shape index (κ3) is 2.17. The average molecular weight is 391 g/mol. The molecule has 0 radical (unpaired) electrons. The van der Waals surface area contributed by atoms with Crippen LogP contribution in [0, 0.1) is 11.3 Å². The molecule has 1 fully saturated rings. The first-order chi connectivity index (χ1) is 11.5. The van der Waals surface area contributed by atoms with Gasteiger partial charge in [0.1, 0.15) is 0 Å². The Bertz CT molecular complexity index is 741. The predicted octanol–water partition coefficient (Wildman–Crippen LogP) is 4.42. The monoisotopic (exact) mass is 391 g/mol. The number of hydrogen-bond acceptors (Lipinski definition) is 2. The average Bonchev–Trinajstić information content (AvgIpc) is 2.57. The summed E-state index contributed by atoms with van der Waals surface area (Å²) in [5.41, 5.74) is -9.53. The summed E-state index contributed by atoms with van der Waals surface area (Å²) in [5, 5.41) is 18.9. The first-order valence-corrected chi connectivity index (χ1v) is 6.93. The van der Waals surface area contributed by atoms with Crippen molar-refractivity contribution in [1.29, 1.82) is 5.26 Å². The maximum atomic E-state index is 14.5. The van der Waals surface area contributed by atoms with Crippen LogP contribution >= 0.6 is 0 Å². The molecule has 1 aliphatic carbocycles. The molecule has 0 bridgehead atoms. The third-order valence-corrected chi connectivity index (χ3v) is 4.38. The van der Waals surface area contributed by atoms with Crippen LogP contribution < -0.4 is 0 Å². The molecular formula is C15H10F9NO. The van der Waals surface area contributed by atoms with E-state index in [9.17, 15) is 44.6 Å². The summed E-state index contributed by atoms with van der Waals surface area (Å²) in [7, 11) is 0. The molecule has 1 saturated carbocycles. The maximum Gasteiger partial charge on any atom is 0.381 e. The van der Waals surface area contributed by atoms with Gasteiger partial charge in [-0.15, -0.1) is 0 Å². The van der Waals surface area contributed by atoms with Gasteiger partial charge in [0, 0.05) is 6.42 Å². The first kappa shape index (κ1) is 20.4. The molecule has 1 N–H and O–H groups in total. The summed E-state index contributed by atoms with van der Waals surface area (Å²) < 4.78 is 122. The van der Waals surface area contributed by atoms with E-state index in [4.69, 9.17) is 5.26 Å². The molecule has 0 spiro atoms. The molecule has 144 valence electrons. The molecule has 26 heavy (non-hydrogen) atoms. The van der Waals surface area contributed by atoms with Crippen LogP contribution in [-0.2, 0) is 5.60 Å². The second-order valence-electron chi connectivity index (χ2n) is 6.24. The van der Waals surface area contributed by atoms with Crippen molar-refractivity contribution >= 4 is 0 Å². The number of benzene rings is 1. The normalized spacial score (nSPS) is 26.7. The van der Waals surface area contributed by atoms with Crippen LogP contribution in [0.4, 0.5) is 39.5 Å². The summed E-state index contributed by atoms with van der Waals surface area (Å²) >= 11 is 0. The maximum absolute atomic E-state index is 14.5. The topological polar surface area (TPSA) is 44.0 Å². The standard InChI is InChI=1S/C15H10F9NO/c1-10(26,9-4-2-3-8(5-9)6-25)7-11(16)12(17,18)14(21,22)15(23,24)13(11,19)20/h2-5,26H,7H2,1H3. The number of alkyl halides is 9. The Morgan fingerprint density at radius 1 is 0.923 bits per heavy atom. The van der Waals surface area contributed by atoms with Crippen molar-refractivity contribution < 1.29 is 44.6 Å². The Balaban J connectivity index is 2.60. The lowest BCUT2D eigenvalue weighted by Crippen LogP contribution is -2.57. The van der Waals surface area contributed by atoms with Crippen LogP contribution in [-0.4, -0.2) is 34.5 Å². The van der Waals surface area contributed by atoms with Crippen LogP contribution in [0.1, 0.15) is 24.5 Å². The molecular weight excluding hydrogens is 381 g/mol. The fraction of sp³-hybridized carbons (Fsp3) is 0.533. The summed E-state index contributed by atoms with van der Waals surface area (Å²) in [6.07, 6.45) is -2.47. The van der Waals surface area contributed by atoms with Crippen LogP contribution in [0.3, 0.4) is 0 Å². The van der Waals surface area contributed by atoms with Crippen molar-refractivity contribution in [2.75, 3.05) is 0 Å². The zero-order valence-electron chi connectivity index (χ0n) is 12.8. The quantitative estimate of drug-likeness (QED) is 0.776. The van der Waals surface area contributed by atoms with E-state index in [1.54, 1.807) is 6.07 Å². The van der Waals surface area contributed by atoms with E-state index in [0.717, 1.165) is 24.3 Å². The van der Waals surface area contributed by atoms with Crippen molar-refractivity contribution in [2.24, 2.45) is 0 Å². The molecule has 11 heteroatoms. The Labute approximate surface area is 140 Å². The molecule has 2 rings (SSSR count). The first-order valence-electron chi connectivity index (χ1n) is 6.93. The highest BCUT2D eigenvalue weighted by Gasteiger charge is 3.00. The van der Waals surface area contributed by atoms with Crippen LogP contribution in [0.15, 0.2) is 24.3 Å². The zero-order valence-corrected chi connectivity index (χ0v) is 12.8. The van der Waals surface area contributed by atoms with Gasteiger partial charge < -0.3 is 5.11 Å². The number of hydrogen-bond donors (Lipinski definition) is 1. The summed E-state index contributed by atoms with van der Waals surface area (Å²) in [4.78, 5) is 0. The van der Waals surface area contributed by atoms with Gasteiger partial charge in [-0.2, -0.15) is 40.4 Å². The molecule has 0 aliphatic heterocycles. The summed E-state index contributed by atoms with van der Waals surface area (Å²) in [5.74, 6) is -26.3. The molecule has 1 unspecified atom stereocenters. The van der Waals surface area contributed by atoms with Gasteiger partial charge in [0.2, 0.25) is 0 Å². The van der Waals surface area contributed by atoms with Gasteiger partial charge in [0.25, 0.3) is 5.67 Å². The number of aliphatic hydroxyl groups is 1. The summed E-state index contributed by atoms with van der Waals surface area (Å²) in [6.45, 7) is 0.506. The Morgan fingerprint density at radius 3 is 1.81 bits per heavy atom. The van der Waals surface area contributed by atoms with E-state index in [2.05, 4.69) is 0 Å². The predicted molar refractivity (Wildman–Crippen MR) is 69.0 cm³/mol. The van der Waals surface area contributed by atoms with E-state index < -0.39 is 46.9 Å². The SMILES string of the molecule is CC(O)(CC1(F)C(F)(F)C(F)(F)C(F)(F)C1(F)F)c1cccc(C#N)c1. The fourth-order valence-electron chi connectivity index (χ4n) is 2.81. The highest BCUT2D eigenvalue weighted by molar-refractivity contribution is 5.37. The Hall–Kier alpha value is -1.96. The van der Waals surface area contributed by atoms with Crippen LogP contribution in [0.5, 0.6) is 0 Å². The Morgan fingerprint density at radius 2 is 1.38 bits per heavy atom. The molecule has 2 nitrogen and oxygen atoms in total. The van der Waals surface area contributed by atoms with Crippen molar-refractivity contribution in [1.82, 2.24) is 0 Å². The van der Waals surface area contributed by atoms with Gasteiger partial charge in [-0.25, -0.2) is 4.39 Å². The van der Waals surface area contributed by atoms with E-state index in [0.29, 0.717) is 6.92 Å². The number of rotatable bonds is 3. The molecule has 1 aliphatic rings. The van der Waals surface area contributed by atoms with Gasteiger partial charge in [0.15, 0.2) is 0 Å². The molecule has 0 aromatic heterocycles. The van der Waals surface area contributed by atoms with Gasteiger partial charge in [-0.05, 0) is 24.6 Å². The van der Waals surface area contributed by atoms with Crippen molar-refractivity contribution in [3.05, 3.63) is 35.4 Å². The van der Waals surface area contributed by atoms with Gasteiger partial charge >= 0.3 is 23.7 Å². The number of nitrogens with zero attached hydrogens (tertiary/aromatic N) is 1. The van der Waals surface area contributed by atoms with Crippen molar-refractivity contribution in [3.63, 3.8) is 0 Å². The van der Waals surface area contributed by atoms with Gasteiger partial charge in [0.05, 0.1) is 17.2 Å². The molecule has 1 aromatic carbocycles. The van der Waals surface area contributed by atoms with Crippen molar-refractivity contribution in [3.8, 4) is 6.07 Å². The lowest BCUT2D eigenvalue weighted by Gasteiger charge is -2.36. The Kier molecular flexibility index (Phi) is 4.13. The molecule has 1 atom stereocenters. The van der Waals surface area contributed by atoms with Crippen LogP contribution in [0.25, 0.3) is 0 Å². The molecule has 0 saturated heterocycles. The van der Waals surface area contributed by atoms with Crippen molar-refractivity contribution in [2.45, 2.75) is 48.3 Å². The second-order valence-corrected chi connectivity index (χ2v) is 6.24. The number of nitriles is 1.